The van der Waals surface area contributed by atoms with E-state index in [-0.39, 0.29) is 23.4 Å². The van der Waals surface area contributed by atoms with Crippen LogP contribution in [0.15, 0.2) is 24.3 Å². The van der Waals surface area contributed by atoms with E-state index in [0.717, 1.165) is 6.42 Å². The van der Waals surface area contributed by atoms with Gasteiger partial charge in [0.05, 0.1) is 5.38 Å². The fourth-order valence-electron chi connectivity index (χ4n) is 3.14. The normalized spacial score (nSPS) is 34.9. The van der Waals surface area contributed by atoms with Crippen LogP contribution in [0.1, 0.15) is 36.3 Å². The maximum atomic E-state index is 11.0. The molecular weight excluding hydrogens is 224 g/mol. The number of esters is 1. The minimum atomic E-state index is -0.209. The molecule has 0 unspecified atom stereocenters. The lowest BCUT2D eigenvalue weighted by molar-refractivity contribution is -0.146. The number of benzene rings is 1. The molecule has 0 heterocycles. The molecular formula is C13H13ClO2. The third kappa shape index (κ3) is 1.29. The molecule has 16 heavy (non-hydrogen) atoms. The summed E-state index contributed by atoms with van der Waals surface area (Å²) >= 11 is 6.43. The molecule has 0 N–H and O–H groups in total. The van der Waals surface area contributed by atoms with Crippen LogP contribution in [0.5, 0.6) is 0 Å². The molecule has 2 aliphatic carbocycles. The van der Waals surface area contributed by atoms with Crippen molar-refractivity contribution in [3.05, 3.63) is 35.4 Å². The summed E-state index contributed by atoms with van der Waals surface area (Å²) in [7, 11) is 0. The summed E-state index contributed by atoms with van der Waals surface area (Å²) in [6.45, 7) is 1.46. The lowest BCUT2D eigenvalue weighted by Gasteiger charge is -2.23. The van der Waals surface area contributed by atoms with E-state index in [9.17, 15) is 4.79 Å². The molecule has 1 aromatic rings. The average molecular weight is 237 g/mol. The summed E-state index contributed by atoms with van der Waals surface area (Å²) in [6, 6.07) is 8.31. The predicted molar refractivity (Wildman–Crippen MR) is 61.7 cm³/mol. The van der Waals surface area contributed by atoms with Crippen LogP contribution in [0.2, 0.25) is 0 Å². The van der Waals surface area contributed by atoms with Gasteiger partial charge in [0.1, 0.15) is 6.10 Å². The quantitative estimate of drug-likeness (QED) is 0.554. The smallest absolute Gasteiger partial charge is 0.302 e. The van der Waals surface area contributed by atoms with Gasteiger partial charge in [0.2, 0.25) is 0 Å². The zero-order chi connectivity index (χ0) is 11.3. The van der Waals surface area contributed by atoms with Gasteiger partial charge in [0.25, 0.3) is 0 Å². The van der Waals surface area contributed by atoms with E-state index in [1.165, 1.54) is 18.1 Å². The summed E-state index contributed by atoms with van der Waals surface area (Å²) in [6.07, 6.45) is 0.843. The lowest BCUT2D eigenvalue weighted by atomic mass is 9.90. The highest BCUT2D eigenvalue weighted by molar-refractivity contribution is 6.22. The van der Waals surface area contributed by atoms with Crippen molar-refractivity contribution >= 4 is 17.6 Å². The van der Waals surface area contributed by atoms with Crippen LogP contribution in [-0.4, -0.2) is 17.5 Å². The minimum absolute atomic E-state index is 0.0279. The summed E-state index contributed by atoms with van der Waals surface area (Å²) < 4.78 is 5.35. The minimum Gasteiger partial charge on any atom is -0.462 e. The number of hydrogen-bond donors (Lipinski definition) is 0. The van der Waals surface area contributed by atoms with E-state index in [2.05, 4.69) is 12.1 Å². The monoisotopic (exact) mass is 236 g/mol. The molecule has 2 aliphatic rings. The maximum Gasteiger partial charge on any atom is 0.302 e. The van der Waals surface area contributed by atoms with Crippen molar-refractivity contribution in [1.29, 1.82) is 0 Å². The Labute approximate surface area is 99.6 Å². The first-order chi connectivity index (χ1) is 7.68. The molecule has 4 atom stereocenters. The first-order valence-corrected chi connectivity index (χ1v) is 6.02. The Balaban J connectivity index is 1.97. The second kappa shape index (κ2) is 3.49. The van der Waals surface area contributed by atoms with Gasteiger partial charge in [-0.15, -0.1) is 11.6 Å². The van der Waals surface area contributed by atoms with Crippen molar-refractivity contribution in [3.8, 4) is 0 Å². The fourth-order valence-corrected chi connectivity index (χ4v) is 3.68. The molecule has 0 amide bonds. The van der Waals surface area contributed by atoms with Crippen LogP contribution in [0.3, 0.4) is 0 Å². The molecule has 3 rings (SSSR count). The Morgan fingerprint density at radius 2 is 2.06 bits per heavy atom. The van der Waals surface area contributed by atoms with Crippen LogP contribution < -0.4 is 0 Å². The van der Waals surface area contributed by atoms with Gasteiger partial charge in [0, 0.05) is 18.8 Å². The molecule has 0 radical (unpaired) electrons. The van der Waals surface area contributed by atoms with Gasteiger partial charge in [-0.05, 0) is 17.5 Å². The SMILES string of the molecule is CC(=O)O[C@H]1C[C@H]2c3ccccc3[C@@H]1[C@@H]2Cl. The second-order valence-corrected chi connectivity index (χ2v) is 5.09. The van der Waals surface area contributed by atoms with Crippen molar-refractivity contribution in [3.63, 3.8) is 0 Å². The van der Waals surface area contributed by atoms with Crippen molar-refractivity contribution in [1.82, 2.24) is 0 Å². The summed E-state index contributed by atoms with van der Waals surface area (Å²) in [4.78, 5) is 11.0. The van der Waals surface area contributed by atoms with Crippen LogP contribution in [0, 0.1) is 0 Å². The predicted octanol–water partition coefficient (Wildman–Crippen LogP) is 2.81. The molecule has 2 nitrogen and oxygen atoms in total. The van der Waals surface area contributed by atoms with Gasteiger partial charge >= 0.3 is 5.97 Å². The third-order valence-electron chi connectivity index (χ3n) is 3.69. The Kier molecular flexibility index (Phi) is 2.21. The van der Waals surface area contributed by atoms with Crippen LogP contribution in [0.25, 0.3) is 0 Å². The number of hydrogen-bond acceptors (Lipinski definition) is 2. The topological polar surface area (TPSA) is 26.3 Å². The fraction of sp³-hybridized carbons (Fsp3) is 0.462. The molecule has 84 valence electrons. The van der Waals surface area contributed by atoms with Gasteiger partial charge in [0.15, 0.2) is 0 Å². The largest absolute Gasteiger partial charge is 0.462 e. The van der Waals surface area contributed by atoms with Crippen molar-refractivity contribution < 1.29 is 9.53 Å². The van der Waals surface area contributed by atoms with Crippen LogP contribution in [0.4, 0.5) is 0 Å². The number of carbonyl (C=O) groups excluding carboxylic acids is 1. The maximum absolute atomic E-state index is 11.0. The van der Waals surface area contributed by atoms with Crippen LogP contribution >= 0.6 is 11.6 Å². The molecule has 0 spiro atoms. The summed E-state index contributed by atoms with van der Waals surface area (Å²) in [5, 5.41) is 0.0850. The van der Waals surface area contributed by atoms with Gasteiger partial charge in [-0.3, -0.25) is 4.79 Å². The highest BCUT2D eigenvalue weighted by Crippen LogP contribution is 2.56. The molecule has 0 aliphatic heterocycles. The Morgan fingerprint density at radius 3 is 2.75 bits per heavy atom. The standard InChI is InChI=1S/C13H13ClO2/c1-7(15)16-11-6-10-8-4-2-3-5-9(8)12(11)13(10)14/h2-5,10-13H,6H2,1H3/t10-,11-,12-,13+/m0/s1. The Hall–Kier alpha value is -1.02. The van der Waals surface area contributed by atoms with Crippen LogP contribution in [-0.2, 0) is 9.53 Å². The average Bonchev–Trinajstić information content (AvgIpc) is 2.69. The first kappa shape index (κ1) is 10.2. The van der Waals surface area contributed by atoms with E-state index in [4.69, 9.17) is 16.3 Å². The molecule has 2 bridgehead atoms. The lowest BCUT2D eigenvalue weighted by Crippen LogP contribution is -2.23. The third-order valence-corrected chi connectivity index (χ3v) is 4.26. The summed E-state index contributed by atoms with van der Waals surface area (Å²) in [5.74, 6) is 0.331. The number of carbonyl (C=O) groups is 1. The molecule has 1 fully saturated rings. The zero-order valence-corrected chi connectivity index (χ0v) is 9.78. The van der Waals surface area contributed by atoms with E-state index < -0.39 is 0 Å². The molecule has 0 saturated heterocycles. The molecule has 1 saturated carbocycles. The second-order valence-electron chi connectivity index (χ2n) is 4.59. The molecule has 0 aromatic heterocycles. The van der Waals surface area contributed by atoms with Crippen molar-refractivity contribution in [2.45, 2.75) is 36.7 Å². The number of ether oxygens (including phenoxy) is 1. The van der Waals surface area contributed by atoms with E-state index in [1.54, 1.807) is 0 Å². The highest BCUT2D eigenvalue weighted by atomic mass is 35.5. The van der Waals surface area contributed by atoms with Gasteiger partial charge < -0.3 is 4.74 Å². The van der Waals surface area contributed by atoms with E-state index in [0.29, 0.717) is 5.92 Å². The molecule has 1 aromatic carbocycles. The summed E-state index contributed by atoms with van der Waals surface area (Å²) in [5.41, 5.74) is 2.61. The van der Waals surface area contributed by atoms with Gasteiger partial charge in [-0.25, -0.2) is 0 Å². The van der Waals surface area contributed by atoms with Crippen molar-refractivity contribution in [2.24, 2.45) is 0 Å². The zero-order valence-electron chi connectivity index (χ0n) is 9.02. The molecule has 3 heteroatoms. The number of fused-ring (bicyclic) bond motifs is 5. The number of rotatable bonds is 1. The Bertz CT molecular complexity index is 443. The van der Waals surface area contributed by atoms with E-state index in [1.807, 2.05) is 12.1 Å². The van der Waals surface area contributed by atoms with Gasteiger partial charge in [-0.2, -0.15) is 0 Å². The number of alkyl halides is 1. The van der Waals surface area contributed by atoms with Crippen molar-refractivity contribution in [2.75, 3.05) is 0 Å². The van der Waals surface area contributed by atoms with Gasteiger partial charge in [-0.1, -0.05) is 24.3 Å². The first-order valence-electron chi connectivity index (χ1n) is 5.58. The van der Waals surface area contributed by atoms with E-state index >= 15 is 0 Å². The number of halogens is 1. The Morgan fingerprint density at radius 1 is 1.38 bits per heavy atom. The highest BCUT2D eigenvalue weighted by Gasteiger charge is 2.52.